The van der Waals surface area contributed by atoms with Crippen molar-refractivity contribution in [3.63, 3.8) is 0 Å². The minimum Gasteiger partial charge on any atom is -0.480 e. The molecule has 0 aromatic carbocycles. The van der Waals surface area contributed by atoms with Crippen molar-refractivity contribution < 1.29 is 22.2 Å². The first kappa shape index (κ1) is 8.41. The van der Waals surface area contributed by atoms with E-state index in [1.807, 2.05) is 0 Å². The molecule has 5 nitrogen and oxygen atoms in total. The topological polar surface area (TPSA) is 74.7 Å². The molecule has 64 valence electrons. The Bertz CT molecular complexity index is 274. The average molecular weight is 183 g/mol. The monoisotopic (exact) mass is 183 g/mol. The van der Waals surface area contributed by atoms with Crippen molar-refractivity contribution in [1.29, 1.82) is 0 Å². The second kappa shape index (κ2) is 2.42. The molecule has 11 heavy (non-hydrogen) atoms. The van der Waals surface area contributed by atoms with E-state index in [-0.39, 0.29) is 13.0 Å². The van der Waals surface area contributed by atoms with Gasteiger partial charge in [-0.1, -0.05) is 3.89 Å². The number of carbonyl (C=O) groups is 1. The molecule has 1 N–H and O–H groups in total. The van der Waals surface area contributed by atoms with Crippen LogP contribution in [0.25, 0.3) is 0 Å². The summed E-state index contributed by atoms with van der Waals surface area (Å²) in [6.45, 7) is -0.0458. The van der Waals surface area contributed by atoms with E-state index in [1.54, 1.807) is 0 Å². The Morgan fingerprint density at radius 2 is 2.18 bits per heavy atom. The van der Waals surface area contributed by atoms with E-state index in [0.717, 1.165) is 0 Å². The molecule has 1 aliphatic heterocycles. The number of nitrogens with zero attached hydrogens (tertiary/aromatic N) is 1. The van der Waals surface area contributed by atoms with E-state index >= 15 is 0 Å². The van der Waals surface area contributed by atoms with E-state index in [2.05, 4.69) is 0 Å². The molecule has 1 heterocycles. The standard InChI is InChI=1S/C4H6FNO4S/c5-11(9,10)6-2-1-3(6)4(7)8/h3H,1-2H2,(H,7,8). The van der Waals surface area contributed by atoms with Gasteiger partial charge in [0.05, 0.1) is 0 Å². The van der Waals surface area contributed by atoms with Crippen LogP contribution in [-0.2, 0) is 15.2 Å². The van der Waals surface area contributed by atoms with E-state index in [1.165, 1.54) is 0 Å². The zero-order valence-electron chi connectivity index (χ0n) is 5.40. The SMILES string of the molecule is O=C(O)C1CCN1S(=O)(=O)F. The summed E-state index contributed by atoms with van der Waals surface area (Å²) in [7, 11) is -4.81. The van der Waals surface area contributed by atoms with Crippen molar-refractivity contribution in [3.05, 3.63) is 0 Å². The third kappa shape index (κ3) is 1.48. The lowest BCUT2D eigenvalue weighted by atomic mass is 10.1. The fraction of sp³-hybridized carbons (Fsp3) is 0.750. The maximum absolute atomic E-state index is 12.1. The molecule has 0 radical (unpaired) electrons. The fourth-order valence-electron chi connectivity index (χ4n) is 0.871. The zero-order chi connectivity index (χ0) is 8.65. The fourth-order valence-corrected chi connectivity index (χ4v) is 1.69. The Kier molecular flexibility index (Phi) is 1.85. The Morgan fingerprint density at radius 3 is 2.27 bits per heavy atom. The molecule has 1 fully saturated rings. The lowest BCUT2D eigenvalue weighted by Crippen LogP contribution is -2.53. The molecule has 1 unspecified atom stereocenters. The number of halogens is 1. The maximum atomic E-state index is 12.1. The summed E-state index contributed by atoms with van der Waals surface area (Å²) in [6, 6.07) is -1.20. The van der Waals surface area contributed by atoms with Gasteiger partial charge in [0.25, 0.3) is 0 Å². The molecule has 0 aromatic heterocycles. The second-order valence-electron chi connectivity index (χ2n) is 2.20. The summed E-state index contributed by atoms with van der Waals surface area (Å²) < 4.78 is 32.6. The summed E-state index contributed by atoms with van der Waals surface area (Å²) in [5, 5.41) is 8.29. The van der Waals surface area contributed by atoms with Gasteiger partial charge in [0.2, 0.25) is 0 Å². The lowest BCUT2D eigenvalue weighted by Gasteiger charge is -2.32. The third-order valence-electron chi connectivity index (χ3n) is 1.54. The van der Waals surface area contributed by atoms with Crippen LogP contribution >= 0.6 is 0 Å². The molecular formula is C4H6FNO4S. The molecule has 0 spiro atoms. The summed E-state index contributed by atoms with van der Waals surface area (Å²) in [4.78, 5) is 10.2. The summed E-state index contributed by atoms with van der Waals surface area (Å²) in [5.41, 5.74) is 0. The Labute approximate surface area is 62.8 Å². The second-order valence-corrected chi connectivity index (χ2v) is 3.49. The predicted molar refractivity (Wildman–Crippen MR) is 32.8 cm³/mol. The lowest BCUT2D eigenvalue weighted by molar-refractivity contribution is -0.144. The van der Waals surface area contributed by atoms with Crippen molar-refractivity contribution in [2.45, 2.75) is 12.5 Å². The number of aliphatic carboxylic acids is 1. The highest BCUT2D eigenvalue weighted by Gasteiger charge is 2.42. The normalized spacial score (nSPS) is 26.1. The largest absolute Gasteiger partial charge is 0.480 e. The molecule has 1 rings (SSSR count). The van der Waals surface area contributed by atoms with Gasteiger partial charge in [-0.3, -0.25) is 4.79 Å². The molecule has 7 heteroatoms. The van der Waals surface area contributed by atoms with Gasteiger partial charge in [-0.15, -0.1) is 0 Å². The Morgan fingerprint density at radius 1 is 1.64 bits per heavy atom. The summed E-state index contributed by atoms with van der Waals surface area (Å²) in [6.07, 6.45) is 0.179. The minimum atomic E-state index is -4.81. The van der Waals surface area contributed by atoms with Gasteiger partial charge < -0.3 is 5.11 Å². The first-order chi connectivity index (χ1) is 4.93. The smallest absolute Gasteiger partial charge is 0.375 e. The highest BCUT2D eigenvalue weighted by atomic mass is 32.3. The van der Waals surface area contributed by atoms with E-state index in [4.69, 9.17) is 5.11 Å². The van der Waals surface area contributed by atoms with Crippen LogP contribution in [0.3, 0.4) is 0 Å². The molecule has 0 aliphatic carbocycles. The van der Waals surface area contributed by atoms with E-state index < -0.39 is 22.4 Å². The molecule has 1 aliphatic rings. The van der Waals surface area contributed by atoms with Crippen molar-refractivity contribution in [2.75, 3.05) is 6.54 Å². The van der Waals surface area contributed by atoms with E-state index in [0.29, 0.717) is 4.31 Å². The first-order valence-corrected chi connectivity index (χ1v) is 4.21. The van der Waals surface area contributed by atoms with Crippen LogP contribution in [0, 0.1) is 0 Å². The van der Waals surface area contributed by atoms with Gasteiger partial charge in [0.1, 0.15) is 6.04 Å². The molecule has 0 saturated carbocycles. The Hall–Kier alpha value is -0.690. The van der Waals surface area contributed by atoms with Gasteiger partial charge in [0.15, 0.2) is 0 Å². The van der Waals surface area contributed by atoms with Gasteiger partial charge in [-0.25, -0.2) is 0 Å². The number of rotatable bonds is 2. The van der Waals surface area contributed by atoms with Gasteiger partial charge >= 0.3 is 16.4 Å². The van der Waals surface area contributed by atoms with Crippen molar-refractivity contribution in [2.24, 2.45) is 0 Å². The molecule has 1 atom stereocenters. The van der Waals surface area contributed by atoms with Crippen LogP contribution in [0.4, 0.5) is 3.89 Å². The van der Waals surface area contributed by atoms with Crippen LogP contribution in [-0.4, -0.2) is 36.4 Å². The minimum absolute atomic E-state index is 0.0458. The number of hydrogen-bond donors (Lipinski definition) is 1. The molecule has 1 saturated heterocycles. The number of carboxylic acid groups (broad SMARTS) is 1. The number of carboxylic acids is 1. The third-order valence-corrected chi connectivity index (χ3v) is 2.53. The summed E-state index contributed by atoms with van der Waals surface area (Å²) in [5.74, 6) is -1.31. The van der Waals surface area contributed by atoms with Crippen LogP contribution in [0.2, 0.25) is 0 Å². The first-order valence-electron chi connectivity index (χ1n) is 2.87. The quantitative estimate of drug-likeness (QED) is 0.578. The van der Waals surface area contributed by atoms with Crippen LogP contribution in [0.5, 0.6) is 0 Å². The van der Waals surface area contributed by atoms with Gasteiger partial charge in [0, 0.05) is 6.54 Å². The average Bonchev–Trinajstić information content (AvgIpc) is 1.51. The zero-order valence-corrected chi connectivity index (χ0v) is 6.21. The van der Waals surface area contributed by atoms with Crippen molar-refractivity contribution >= 4 is 16.4 Å². The molecule has 0 amide bonds. The highest BCUT2D eigenvalue weighted by molar-refractivity contribution is 7.84. The van der Waals surface area contributed by atoms with Crippen molar-refractivity contribution in [3.8, 4) is 0 Å². The molecule has 0 bridgehead atoms. The predicted octanol–water partition coefficient (Wildman–Crippen LogP) is -0.640. The number of hydrogen-bond acceptors (Lipinski definition) is 3. The Balaban J connectivity index is 2.72. The van der Waals surface area contributed by atoms with E-state index in [9.17, 15) is 17.1 Å². The highest BCUT2D eigenvalue weighted by Crippen LogP contribution is 2.22. The van der Waals surface area contributed by atoms with Gasteiger partial charge in [-0.2, -0.15) is 12.7 Å². The molecule has 0 aromatic rings. The summed E-state index contributed by atoms with van der Waals surface area (Å²) >= 11 is 0. The van der Waals surface area contributed by atoms with Crippen LogP contribution in [0.1, 0.15) is 6.42 Å². The molecular weight excluding hydrogens is 177 g/mol. The van der Waals surface area contributed by atoms with Crippen LogP contribution < -0.4 is 0 Å². The maximum Gasteiger partial charge on any atom is 0.375 e. The van der Waals surface area contributed by atoms with Crippen molar-refractivity contribution in [1.82, 2.24) is 4.31 Å². The van der Waals surface area contributed by atoms with Gasteiger partial charge in [-0.05, 0) is 6.42 Å². The van der Waals surface area contributed by atoms with Crippen LogP contribution in [0.15, 0.2) is 0 Å².